The monoisotopic (exact) mass is 403 g/mol. The average Bonchev–Trinajstić information content (AvgIpc) is 3.18. The number of aromatic hydroxyl groups is 1. The fourth-order valence-corrected chi connectivity index (χ4v) is 3.42. The number of hydrogen-bond acceptors (Lipinski definition) is 5. The molecule has 0 atom stereocenters. The zero-order chi connectivity index (χ0) is 20.7. The first-order valence-electron chi connectivity index (χ1n) is 9.19. The topological polar surface area (TPSA) is 86.7 Å². The minimum absolute atomic E-state index is 0.0325. The summed E-state index contributed by atoms with van der Waals surface area (Å²) in [4.78, 5) is 9.04. The van der Waals surface area contributed by atoms with E-state index in [0.717, 1.165) is 0 Å². The summed E-state index contributed by atoms with van der Waals surface area (Å²) in [7, 11) is 0. The zero-order valence-corrected chi connectivity index (χ0v) is 15.5. The first-order valence-corrected chi connectivity index (χ1v) is 9.19. The van der Waals surface area contributed by atoms with Crippen molar-refractivity contribution in [2.45, 2.75) is 6.67 Å². The van der Waals surface area contributed by atoms with Crippen LogP contribution < -0.4 is 5.32 Å². The van der Waals surface area contributed by atoms with E-state index in [2.05, 4.69) is 25.5 Å². The Morgan fingerprint density at radius 3 is 2.57 bits per heavy atom. The van der Waals surface area contributed by atoms with Crippen LogP contribution in [-0.4, -0.2) is 25.3 Å². The number of phenols is 1. The third-order valence-electron chi connectivity index (χ3n) is 4.89. The van der Waals surface area contributed by atoms with Crippen molar-refractivity contribution in [2.75, 3.05) is 5.32 Å². The van der Waals surface area contributed by atoms with Gasteiger partial charge in [-0.2, -0.15) is 5.10 Å². The molecule has 8 heteroatoms. The second-order valence-electron chi connectivity index (χ2n) is 6.72. The molecule has 0 aliphatic rings. The van der Waals surface area contributed by atoms with Gasteiger partial charge in [-0.05, 0) is 29.8 Å². The summed E-state index contributed by atoms with van der Waals surface area (Å²) in [5.41, 5.74) is 1.53. The van der Waals surface area contributed by atoms with Crippen molar-refractivity contribution >= 4 is 33.4 Å². The molecule has 148 valence electrons. The second kappa shape index (κ2) is 7.07. The number of H-pyrrole nitrogens is 1. The predicted octanol–water partition coefficient (Wildman–Crippen LogP) is 5.23. The SMILES string of the molecule is Oc1cccc2c(Nc3n[nH]c4c(F)cccc34)nc(-c3ccccc3CF)nc12. The number of anilines is 2. The van der Waals surface area contributed by atoms with E-state index in [1.807, 2.05) is 0 Å². The standard InChI is InChI=1S/C22H15F2N5O/c23-11-12-5-1-2-6-13(12)20-25-19-15(8-4-10-17(19)30)21(26-20)27-22-14-7-3-9-16(24)18(14)28-29-22/h1-10,30H,11H2,(H2,25,26,27,28,29). The van der Waals surface area contributed by atoms with Crippen molar-refractivity contribution in [3.05, 3.63) is 72.0 Å². The highest BCUT2D eigenvalue weighted by Crippen LogP contribution is 2.34. The number of aromatic amines is 1. The smallest absolute Gasteiger partial charge is 0.162 e. The van der Waals surface area contributed by atoms with Crippen molar-refractivity contribution in [1.29, 1.82) is 0 Å². The molecule has 0 fully saturated rings. The highest BCUT2D eigenvalue weighted by Gasteiger charge is 2.17. The van der Waals surface area contributed by atoms with E-state index in [4.69, 9.17) is 0 Å². The molecule has 2 heterocycles. The molecule has 0 radical (unpaired) electrons. The molecular weight excluding hydrogens is 388 g/mol. The van der Waals surface area contributed by atoms with Crippen molar-refractivity contribution in [2.24, 2.45) is 0 Å². The number of aromatic nitrogens is 4. The number of benzene rings is 3. The largest absolute Gasteiger partial charge is 0.506 e. The lowest BCUT2D eigenvalue weighted by atomic mass is 10.1. The highest BCUT2D eigenvalue weighted by molar-refractivity contribution is 5.98. The number of rotatable bonds is 4. The van der Waals surface area contributed by atoms with Crippen LogP contribution in [0.2, 0.25) is 0 Å². The number of alkyl halides is 1. The third-order valence-corrected chi connectivity index (χ3v) is 4.89. The van der Waals surface area contributed by atoms with Crippen LogP contribution in [0.15, 0.2) is 60.7 Å². The Bertz CT molecular complexity index is 1400. The molecular formula is C22H15F2N5O. The average molecular weight is 403 g/mol. The normalized spacial score (nSPS) is 11.3. The fraction of sp³-hybridized carbons (Fsp3) is 0.0455. The van der Waals surface area contributed by atoms with Crippen molar-refractivity contribution in [3.63, 3.8) is 0 Å². The Hall–Kier alpha value is -4.07. The van der Waals surface area contributed by atoms with Gasteiger partial charge in [-0.1, -0.05) is 36.4 Å². The summed E-state index contributed by atoms with van der Waals surface area (Å²) in [5.74, 6) is 0.534. The van der Waals surface area contributed by atoms with E-state index in [-0.39, 0.29) is 17.1 Å². The molecule has 0 aliphatic carbocycles. The summed E-state index contributed by atoms with van der Waals surface area (Å²) >= 11 is 0. The summed E-state index contributed by atoms with van der Waals surface area (Å²) in [6.45, 7) is -0.676. The minimum Gasteiger partial charge on any atom is -0.506 e. The number of hydrogen-bond donors (Lipinski definition) is 3. The molecule has 3 N–H and O–H groups in total. The van der Waals surface area contributed by atoms with Gasteiger partial charge in [0.2, 0.25) is 0 Å². The molecule has 0 saturated carbocycles. The summed E-state index contributed by atoms with van der Waals surface area (Å²) in [5, 5.41) is 21.4. The number of para-hydroxylation sites is 2. The van der Waals surface area contributed by atoms with Crippen LogP contribution in [0.25, 0.3) is 33.2 Å². The molecule has 3 aromatic carbocycles. The summed E-state index contributed by atoms with van der Waals surface area (Å²) in [6.07, 6.45) is 0. The van der Waals surface area contributed by atoms with Crippen molar-refractivity contribution < 1.29 is 13.9 Å². The maximum absolute atomic E-state index is 14.0. The van der Waals surface area contributed by atoms with Crippen LogP contribution in [0, 0.1) is 5.82 Å². The number of phenolic OH excluding ortho intramolecular Hbond substituents is 1. The maximum atomic E-state index is 14.0. The van der Waals surface area contributed by atoms with Gasteiger partial charge in [-0.25, -0.2) is 18.7 Å². The van der Waals surface area contributed by atoms with Gasteiger partial charge in [-0.15, -0.1) is 0 Å². The molecule has 6 nitrogen and oxygen atoms in total. The van der Waals surface area contributed by atoms with Crippen LogP contribution in [0.1, 0.15) is 5.56 Å². The van der Waals surface area contributed by atoms with Gasteiger partial charge in [0.05, 0.1) is 0 Å². The molecule has 0 amide bonds. The van der Waals surface area contributed by atoms with Gasteiger partial charge in [0.15, 0.2) is 11.6 Å². The zero-order valence-electron chi connectivity index (χ0n) is 15.5. The van der Waals surface area contributed by atoms with Gasteiger partial charge in [0, 0.05) is 16.3 Å². The van der Waals surface area contributed by atoms with E-state index < -0.39 is 12.5 Å². The van der Waals surface area contributed by atoms with E-state index >= 15 is 0 Å². The van der Waals surface area contributed by atoms with Gasteiger partial charge in [0.25, 0.3) is 0 Å². The molecule has 0 bridgehead atoms. The van der Waals surface area contributed by atoms with Gasteiger partial charge in [-0.3, -0.25) is 5.10 Å². The lowest BCUT2D eigenvalue weighted by Gasteiger charge is -2.12. The Morgan fingerprint density at radius 1 is 0.900 bits per heavy atom. The van der Waals surface area contributed by atoms with Gasteiger partial charge < -0.3 is 10.4 Å². The fourth-order valence-electron chi connectivity index (χ4n) is 3.42. The van der Waals surface area contributed by atoms with Crippen LogP contribution in [0.5, 0.6) is 5.75 Å². The molecule has 0 spiro atoms. The molecule has 5 aromatic rings. The summed E-state index contributed by atoms with van der Waals surface area (Å²) < 4.78 is 27.5. The minimum atomic E-state index is -0.676. The molecule has 5 rings (SSSR count). The highest BCUT2D eigenvalue weighted by atomic mass is 19.1. The predicted molar refractivity (Wildman–Crippen MR) is 111 cm³/mol. The Kier molecular flexibility index (Phi) is 4.24. The molecule has 30 heavy (non-hydrogen) atoms. The van der Waals surface area contributed by atoms with Crippen LogP contribution in [-0.2, 0) is 6.67 Å². The van der Waals surface area contributed by atoms with Crippen LogP contribution in [0.3, 0.4) is 0 Å². The lowest BCUT2D eigenvalue weighted by molar-refractivity contribution is 0.480. The number of fused-ring (bicyclic) bond motifs is 2. The van der Waals surface area contributed by atoms with Crippen molar-refractivity contribution in [3.8, 4) is 17.1 Å². The van der Waals surface area contributed by atoms with E-state index in [1.165, 1.54) is 12.1 Å². The molecule has 0 aliphatic heterocycles. The first kappa shape index (κ1) is 18.0. The van der Waals surface area contributed by atoms with E-state index in [1.54, 1.807) is 48.5 Å². The second-order valence-corrected chi connectivity index (χ2v) is 6.72. The Balaban J connectivity index is 1.72. The maximum Gasteiger partial charge on any atom is 0.162 e. The Morgan fingerprint density at radius 2 is 1.70 bits per heavy atom. The lowest BCUT2D eigenvalue weighted by Crippen LogP contribution is -2.01. The number of nitrogens with zero attached hydrogens (tertiary/aromatic N) is 3. The quantitative estimate of drug-likeness (QED) is 0.382. The first-order chi connectivity index (χ1) is 14.7. The van der Waals surface area contributed by atoms with E-state index in [9.17, 15) is 13.9 Å². The van der Waals surface area contributed by atoms with Gasteiger partial charge >= 0.3 is 0 Å². The van der Waals surface area contributed by atoms with E-state index in [0.29, 0.717) is 39.1 Å². The van der Waals surface area contributed by atoms with Crippen LogP contribution >= 0.6 is 0 Å². The van der Waals surface area contributed by atoms with Gasteiger partial charge in [0.1, 0.15) is 35.1 Å². The van der Waals surface area contributed by atoms with Crippen molar-refractivity contribution in [1.82, 2.24) is 20.2 Å². The third kappa shape index (κ3) is 2.89. The van der Waals surface area contributed by atoms with Crippen LogP contribution in [0.4, 0.5) is 20.4 Å². The summed E-state index contributed by atoms with van der Waals surface area (Å²) in [6, 6.07) is 16.5. The number of nitrogens with one attached hydrogen (secondary N) is 2. The molecule has 0 unspecified atom stereocenters. The molecule has 0 saturated heterocycles. The molecule has 2 aromatic heterocycles. The Labute approximate surface area is 169 Å². The number of halogens is 2.